The van der Waals surface area contributed by atoms with Gasteiger partial charge in [-0.05, 0) is 31.6 Å². The van der Waals surface area contributed by atoms with Crippen LogP contribution in [0.25, 0.3) is 0 Å². The van der Waals surface area contributed by atoms with Crippen molar-refractivity contribution in [3.63, 3.8) is 0 Å². The lowest BCUT2D eigenvalue weighted by atomic mass is 9.61. The summed E-state index contributed by atoms with van der Waals surface area (Å²) in [5.74, 6) is 0.734. The highest BCUT2D eigenvalue weighted by atomic mass is 16.1. The first-order chi connectivity index (χ1) is 7.34. The Bertz CT molecular complexity index is 311. The van der Waals surface area contributed by atoms with Crippen LogP contribution < -0.4 is 0 Å². The van der Waals surface area contributed by atoms with E-state index in [2.05, 4.69) is 19.9 Å². The van der Waals surface area contributed by atoms with E-state index in [4.69, 9.17) is 0 Å². The van der Waals surface area contributed by atoms with Crippen LogP contribution in [-0.2, 0) is 4.79 Å². The number of carbonyl (C=O) groups excluding carboxylic acids is 1. The van der Waals surface area contributed by atoms with Crippen LogP contribution in [0, 0.1) is 28.1 Å². The summed E-state index contributed by atoms with van der Waals surface area (Å²) >= 11 is 0. The van der Waals surface area contributed by atoms with Crippen molar-refractivity contribution in [3.8, 4) is 6.07 Å². The van der Waals surface area contributed by atoms with E-state index in [0.29, 0.717) is 5.92 Å². The van der Waals surface area contributed by atoms with E-state index >= 15 is 0 Å². The van der Waals surface area contributed by atoms with E-state index in [1.54, 1.807) is 0 Å². The van der Waals surface area contributed by atoms with Crippen molar-refractivity contribution < 1.29 is 4.79 Å². The highest BCUT2D eigenvalue weighted by molar-refractivity contribution is 5.92. The predicted molar refractivity (Wildman–Crippen MR) is 64.8 cm³/mol. The van der Waals surface area contributed by atoms with Gasteiger partial charge in [-0.3, -0.25) is 4.79 Å². The number of Topliss-reactive ketones (excluding diaryl/α,β-unsaturated/α-hetero) is 1. The Morgan fingerprint density at radius 1 is 1.38 bits per heavy atom. The lowest BCUT2D eigenvalue weighted by Crippen LogP contribution is -2.43. The minimum Gasteiger partial charge on any atom is -0.297 e. The zero-order chi connectivity index (χ0) is 12.4. The molecular weight excluding hydrogens is 198 g/mol. The van der Waals surface area contributed by atoms with E-state index in [1.165, 1.54) is 0 Å². The molecule has 0 amide bonds. The van der Waals surface area contributed by atoms with Crippen molar-refractivity contribution >= 4 is 5.78 Å². The number of nitriles is 1. The highest BCUT2D eigenvalue weighted by Gasteiger charge is 2.48. The second-order valence-electron chi connectivity index (χ2n) is 6.19. The van der Waals surface area contributed by atoms with Crippen LogP contribution in [0.4, 0.5) is 0 Å². The summed E-state index contributed by atoms with van der Waals surface area (Å²) in [4.78, 5) is 12.4. The van der Waals surface area contributed by atoms with Gasteiger partial charge in [0.2, 0.25) is 0 Å². The van der Waals surface area contributed by atoms with Gasteiger partial charge in [0, 0.05) is 5.41 Å². The Morgan fingerprint density at radius 3 is 2.50 bits per heavy atom. The maximum Gasteiger partial charge on any atom is 0.158 e. The van der Waals surface area contributed by atoms with Crippen molar-refractivity contribution in [2.45, 2.75) is 59.8 Å². The lowest BCUT2D eigenvalue weighted by molar-refractivity contribution is -0.138. The van der Waals surface area contributed by atoms with Crippen LogP contribution in [0.15, 0.2) is 0 Å². The Hall–Kier alpha value is -0.840. The minimum absolute atomic E-state index is 0.175. The SMILES string of the molecule is CC(C)CCC1(C#N)CCCC(C)(C)C1=O. The first kappa shape index (κ1) is 13.2. The molecule has 0 saturated heterocycles. The predicted octanol–water partition coefficient (Wildman–Crippen LogP) is 3.71. The highest BCUT2D eigenvalue weighted by Crippen LogP contribution is 2.45. The molecule has 90 valence electrons. The van der Waals surface area contributed by atoms with E-state index in [9.17, 15) is 10.1 Å². The molecule has 0 spiro atoms. The molecule has 2 heteroatoms. The van der Waals surface area contributed by atoms with Crippen LogP contribution in [0.2, 0.25) is 0 Å². The molecule has 0 aliphatic heterocycles. The molecule has 1 rings (SSSR count). The largest absolute Gasteiger partial charge is 0.297 e. The fourth-order valence-corrected chi connectivity index (χ4v) is 2.64. The number of ketones is 1. The number of hydrogen-bond acceptors (Lipinski definition) is 2. The second kappa shape index (κ2) is 4.57. The molecule has 0 radical (unpaired) electrons. The molecule has 0 aromatic heterocycles. The normalized spacial score (nSPS) is 29.1. The Morgan fingerprint density at radius 2 is 2.00 bits per heavy atom. The summed E-state index contributed by atoms with van der Waals surface area (Å²) in [5.41, 5.74) is -0.989. The number of hydrogen-bond donors (Lipinski definition) is 0. The molecule has 1 saturated carbocycles. The van der Waals surface area contributed by atoms with Crippen molar-refractivity contribution in [3.05, 3.63) is 0 Å². The monoisotopic (exact) mass is 221 g/mol. The van der Waals surface area contributed by atoms with E-state index < -0.39 is 5.41 Å². The minimum atomic E-state index is -0.688. The third-order valence-electron chi connectivity index (χ3n) is 3.82. The van der Waals surface area contributed by atoms with Crippen LogP contribution in [0.5, 0.6) is 0 Å². The van der Waals surface area contributed by atoms with Gasteiger partial charge < -0.3 is 0 Å². The zero-order valence-electron chi connectivity index (χ0n) is 11.0. The lowest BCUT2D eigenvalue weighted by Gasteiger charge is -2.39. The summed E-state index contributed by atoms with van der Waals surface area (Å²) in [5, 5.41) is 9.39. The van der Waals surface area contributed by atoms with Crippen LogP contribution in [-0.4, -0.2) is 5.78 Å². The van der Waals surface area contributed by atoms with Gasteiger partial charge in [-0.1, -0.05) is 34.1 Å². The first-order valence-electron chi connectivity index (χ1n) is 6.30. The van der Waals surface area contributed by atoms with Crippen LogP contribution >= 0.6 is 0 Å². The molecule has 1 atom stereocenters. The molecule has 0 heterocycles. The summed E-state index contributed by atoms with van der Waals surface area (Å²) in [6.45, 7) is 8.25. The molecule has 1 unspecified atom stereocenters. The van der Waals surface area contributed by atoms with Gasteiger partial charge in [-0.2, -0.15) is 5.26 Å². The van der Waals surface area contributed by atoms with E-state index in [0.717, 1.165) is 32.1 Å². The molecular formula is C14H23NO. The van der Waals surface area contributed by atoms with E-state index in [-0.39, 0.29) is 11.2 Å². The van der Waals surface area contributed by atoms with Crippen molar-refractivity contribution in [1.29, 1.82) is 5.26 Å². The van der Waals surface area contributed by atoms with Gasteiger partial charge in [0.05, 0.1) is 6.07 Å². The zero-order valence-corrected chi connectivity index (χ0v) is 11.0. The summed E-state index contributed by atoms with van der Waals surface area (Å²) < 4.78 is 0. The number of carbonyl (C=O) groups is 1. The third-order valence-corrected chi connectivity index (χ3v) is 3.82. The molecule has 1 aliphatic rings. The average molecular weight is 221 g/mol. The van der Waals surface area contributed by atoms with Crippen molar-refractivity contribution in [2.24, 2.45) is 16.7 Å². The number of rotatable bonds is 3. The second-order valence-corrected chi connectivity index (χ2v) is 6.19. The molecule has 0 bridgehead atoms. The molecule has 0 aromatic carbocycles. The Balaban J connectivity index is 2.87. The fraction of sp³-hybridized carbons (Fsp3) is 0.857. The summed E-state index contributed by atoms with van der Waals surface area (Å²) in [7, 11) is 0. The molecule has 0 aromatic rings. The first-order valence-corrected chi connectivity index (χ1v) is 6.30. The topological polar surface area (TPSA) is 40.9 Å². The van der Waals surface area contributed by atoms with Gasteiger partial charge >= 0.3 is 0 Å². The average Bonchev–Trinajstić information content (AvgIpc) is 2.21. The van der Waals surface area contributed by atoms with Gasteiger partial charge in [0.15, 0.2) is 5.78 Å². The standard InChI is InChI=1S/C14H23NO/c1-11(2)6-9-14(10-15)8-5-7-13(3,4)12(14)16/h11H,5-9H2,1-4H3. The Labute approximate surface area is 99.0 Å². The maximum atomic E-state index is 12.4. The van der Waals surface area contributed by atoms with Gasteiger partial charge in [0.1, 0.15) is 5.41 Å². The molecule has 0 N–H and O–H groups in total. The maximum absolute atomic E-state index is 12.4. The molecule has 1 aliphatic carbocycles. The van der Waals surface area contributed by atoms with Crippen molar-refractivity contribution in [1.82, 2.24) is 0 Å². The van der Waals surface area contributed by atoms with Crippen LogP contribution in [0.3, 0.4) is 0 Å². The molecule has 2 nitrogen and oxygen atoms in total. The van der Waals surface area contributed by atoms with Crippen molar-refractivity contribution in [2.75, 3.05) is 0 Å². The molecule has 1 fully saturated rings. The van der Waals surface area contributed by atoms with Gasteiger partial charge in [0.25, 0.3) is 0 Å². The van der Waals surface area contributed by atoms with Gasteiger partial charge in [-0.25, -0.2) is 0 Å². The fourth-order valence-electron chi connectivity index (χ4n) is 2.64. The summed E-state index contributed by atoms with van der Waals surface area (Å²) in [6.07, 6.45) is 4.40. The summed E-state index contributed by atoms with van der Waals surface area (Å²) in [6, 6.07) is 2.33. The number of nitrogens with zero attached hydrogens (tertiary/aromatic N) is 1. The molecule has 16 heavy (non-hydrogen) atoms. The third kappa shape index (κ3) is 2.45. The Kier molecular flexibility index (Phi) is 3.78. The smallest absolute Gasteiger partial charge is 0.158 e. The van der Waals surface area contributed by atoms with E-state index in [1.807, 2.05) is 13.8 Å². The van der Waals surface area contributed by atoms with Crippen LogP contribution in [0.1, 0.15) is 59.8 Å². The van der Waals surface area contributed by atoms with Gasteiger partial charge in [-0.15, -0.1) is 0 Å². The quantitative estimate of drug-likeness (QED) is 0.729.